The van der Waals surface area contributed by atoms with Crippen LogP contribution in [0.15, 0.2) is 48.7 Å². The van der Waals surface area contributed by atoms with Gasteiger partial charge in [0.05, 0.1) is 0 Å². The van der Waals surface area contributed by atoms with Crippen molar-refractivity contribution in [1.29, 1.82) is 0 Å². The number of ketones is 1. The third-order valence-corrected chi connectivity index (χ3v) is 2.36. The maximum Gasteiger partial charge on any atom is 0.163 e. The highest BCUT2D eigenvalue weighted by Crippen LogP contribution is 2.06. The Hall–Kier alpha value is -1.96. The summed E-state index contributed by atoms with van der Waals surface area (Å²) in [5.74, 6) is 0.141. The fourth-order valence-corrected chi connectivity index (χ4v) is 1.50. The Kier molecular flexibility index (Phi) is 3.44. The molecule has 0 fully saturated rings. The van der Waals surface area contributed by atoms with Crippen LogP contribution in [0, 0.1) is 6.07 Å². The molecular weight excluding hydrogens is 198 g/mol. The predicted molar refractivity (Wildman–Crippen MR) is 62.2 cm³/mol. The number of carbonyl (C=O) groups excluding carboxylic acids is 1. The molecule has 2 rings (SSSR count). The molecular formula is C14H12NO. The van der Waals surface area contributed by atoms with Crippen molar-refractivity contribution in [2.75, 3.05) is 0 Å². The Balaban J connectivity index is 1.95. The van der Waals surface area contributed by atoms with Crippen molar-refractivity contribution >= 4 is 5.78 Å². The first-order valence-corrected chi connectivity index (χ1v) is 5.25. The van der Waals surface area contributed by atoms with E-state index in [1.54, 1.807) is 18.3 Å². The van der Waals surface area contributed by atoms with Crippen molar-refractivity contribution < 1.29 is 4.79 Å². The Bertz CT molecular complexity index is 451. The average molecular weight is 210 g/mol. The molecule has 1 radical (unpaired) electrons. The first kappa shape index (κ1) is 10.6. The van der Waals surface area contributed by atoms with Gasteiger partial charge >= 0.3 is 0 Å². The zero-order chi connectivity index (χ0) is 11.2. The Labute approximate surface area is 95.0 Å². The van der Waals surface area contributed by atoms with Crippen LogP contribution in [-0.4, -0.2) is 10.8 Å². The van der Waals surface area contributed by atoms with E-state index >= 15 is 0 Å². The number of benzene rings is 1. The lowest BCUT2D eigenvalue weighted by Crippen LogP contribution is -2.01. The fourth-order valence-electron chi connectivity index (χ4n) is 1.50. The summed E-state index contributed by atoms with van der Waals surface area (Å²) in [4.78, 5) is 16.0. The molecule has 0 spiro atoms. The maximum atomic E-state index is 11.8. The van der Waals surface area contributed by atoms with Crippen LogP contribution in [0.1, 0.15) is 22.5 Å². The van der Waals surface area contributed by atoms with Crippen LogP contribution in [0.5, 0.6) is 0 Å². The number of rotatable bonds is 4. The summed E-state index contributed by atoms with van der Waals surface area (Å²) < 4.78 is 0. The van der Waals surface area contributed by atoms with E-state index in [0.29, 0.717) is 12.8 Å². The summed E-state index contributed by atoms with van der Waals surface area (Å²) in [5.41, 5.74) is 1.68. The van der Waals surface area contributed by atoms with Crippen LogP contribution in [0.25, 0.3) is 0 Å². The SMILES string of the molecule is O=C(CCc1ccccn1)c1c[c]ccc1. The van der Waals surface area contributed by atoms with Crippen molar-refractivity contribution in [1.82, 2.24) is 4.98 Å². The Morgan fingerprint density at radius 3 is 2.88 bits per heavy atom. The van der Waals surface area contributed by atoms with Crippen LogP contribution in [0.3, 0.4) is 0 Å². The molecule has 1 heterocycles. The second-order valence-corrected chi connectivity index (χ2v) is 3.54. The van der Waals surface area contributed by atoms with Gasteiger partial charge < -0.3 is 0 Å². The molecule has 0 bridgehead atoms. The second kappa shape index (κ2) is 5.21. The third kappa shape index (κ3) is 2.76. The summed E-state index contributed by atoms with van der Waals surface area (Å²) >= 11 is 0. The number of hydrogen-bond acceptors (Lipinski definition) is 2. The van der Waals surface area contributed by atoms with Crippen molar-refractivity contribution in [2.45, 2.75) is 12.8 Å². The molecule has 2 heteroatoms. The standard InChI is InChI=1S/C14H12NO/c16-14(12-6-2-1-3-7-12)10-9-13-8-4-5-11-15-13/h1-2,4-8,11H,9-10H2. The molecule has 0 N–H and O–H groups in total. The predicted octanol–water partition coefficient (Wildman–Crippen LogP) is 2.70. The van der Waals surface area contributed by atoms with E-state index in [4.69, 9.17) is 0 Å². The minimum atomic E-state index is 0.141. The number of hydrogen-bond donors (Lipinski definition) is 0. The monoisotopic (exact) mass is 210 g/mol. The molecule has 0 saturated carbocycles. The highest BCUT2D eigenvalue weighted by Gasteiger charge is 2.05. The van der Waals surface area contributed by atoms with Crippen LogP contribution < -0.4 is 0 Å². The number of aryl methyl sites for hydroxylation is 1. The van der Waals surface area contributed by atoms with Gasteiger partial charge in [0.1, 0.15) is 0 Å². The largest absolute Gasteiger partial charge is 0.294 e. The molecule has 16 heavy (non-hydrogen) atoms. The average Bonchev–Trinajstić information content (AvgIpc) is 2.38. The lowest BCUT2D eigenvalue weighted by molar-refractivity contribution is 0.0982. The molecule has 2 nitrogen and oxygen atoms in total. The molecule has 0 saturated heterocycles. The zero-order valence-corrected chi connectivity index (χ0v) is 8.89. The quantitative estimate of drug-likeness (QED) is 0.726. The minimum Gasteiger partial charge on any atom is -0.294 e. The van der Waals surface area contributed by atoms with Crippen molar-refractivity contribution in [2.24, 2.45) is 0 Å². The van der Waals surface area contributed by atoms with Crippen LogP contribution in [0.4, 0.5) is 0 Å². The van der Waals surface area contributed by atoms with Crippen LogP contribution >= 0.6 is 0 Å². The molecule has 0 atom stereocenters. The van der Waals surface area contributed by atoms with E-state index in [1.165, 1.54) is 0 Å². The summed E-state index contributed by atoms with van der Waals surface area (Å²) in [5, 5.41) is 0. The van der Waals surface area contributed by atoms with Crippen molar-refractivity contribution in [3.8, 4) is 0 Å². The molecule has 0 unspecified atom stereocenters. The van der Waals surface area contributed by atoms with Gasteiger partial charge in [-0.3, -0.25) is 9.78 Å². The van der Waals surface area contributed by atoms with Gasteiger partial charge in [-0.25, -0.2) is 0 Å². The van der Waals surface area contributed by atoms with Gasteiger partial charge in [0.15, 0.2) is 5.78 Å². The zero-order valence-electron chi connectivity index (χ0n) is 8.89. The van der Waals surface area contributed by atoms with Crippen molar-refractivity contribution in [3.63, 3.8) is 0 Å². The van der Waals surface area contributed by atoms with E-state index in [2.05, 4.69) is 11.1 Å². The van der Waals surface area contributed by atoms with Gasteiger partial charge in [-0.05, 0) is 30.7 Å². The molecule has 1 aromatic heterocycles. The van der Waals surface area contributed by atoms with Gasteiger partial charge in [-0.2, -0.15) is 0 Å². The number of nitrogens with zero attached hydrogens (tertiary/aromatic N) is 1. The van der Waals surface area contributed by atoms with Gasteiger partial charge in [-0.1, -0.05) is 24.3 Å². The molecule has 79 valence electrons. The lowest BCUT2D eigenvalue weighted by Gasteiger charge is -2.00. The Morgan fingerprint density at radius 1 is 1.25 bits per heavy atom. The summed E-state index contributed by atoms with van der Waals surface area (Å²) in [7, 11) is 0. The summed E-state index contributed by atoms with van der Waals surface area (Å²) in [6.45, 7) is 0. The fraction of sp³-hybridized carbons (Fsp3) is 0.143. The number of Topliss-reactive ketones (excluding diaryl/α,β-unsaturated/α-hetero) is 1. The molecule has 0 aliphatic rings. The smallest absolute Gasteiger partial charge is 0.163 e. The first-order valence-electron chi connectivity index (χ1n) is 5.25. The summed E-state index contributed by atoms with van der Waals surface area (Å²) in [6.07, 6.45) is 2.93. The highest BCUT2D eigenvalue weighted by atomic mass is 16.1. The van der Waals surface area contributed by atoms with Gasteiger partial charge in [-0.15, -0.1) is 0 Å². The van der Waals surface area contributed by atoms with Gasteiger partial charge in [0.2, 0.25) is 0 Å². The normalized spacial score (nSPS) is 10.0. The molecule has 0 aliphatic carbocycles. The Morgan fingerprint density at radius 2 is 2.19 bits per heavy atom. The van der Waals surface area contributed by atoms with E-state index < -0.39 is 0 Å². The first-order chi connectivity index (χ1) is 7.86. The highest BCUT2D eigenvalue weighted by molar-refractivity contribution is 5.96. The van der Waals surface area contributed by atoms with Gasteiger partial charge in [0.25, 0.3) is 0 Å². The molecule has 0 aliphatic heterocycles. The van der Waals surface area contributed by atoms with E-state index in [9.17, 15) is 4.79 Å². The number of pyridine rings is 1. The summed E-state index contributed by atoms with van der Waals surface area (Å²) in [6, 6.07) is 15.8. The second-order valence-electron chi connectivity index (χ2n) is 3.54. The van der Waals surface area contributed by atoms with Gasteiger partial charge in [0, 0.05) is 23.9 Å². The third-order valence-electron chi connectivity index (χ3n) is 2.36. The van der Waals surface area contributed by atoms with E-state index in [1.807, 2.05) is 30.3 Å². The van der Waals surface area contributed by atoms with Crippen LogP contribution in [0.2, 0.25) is 0 Å². The molecule has 1 aromatic carbocycles. The van der Waals surface area contributed by atoms with Crippen molar-refractivity contribution in [3.05, 3.63) is 66.0 Å². The van der Waals surface area contributed by atoms with E-state index in [0.717, 1.165) is 11.3 Å². The maximum absolute atomic E-state index is 11.8. The van der Waals surface area contributed by atoms with Crippen LogP contribution in [-0.2, 0) is 6.42 Å². The number of carbonyl (C=O) groups is 1. The topological polar surface area (TPSA) is 30.0 Å². The lowest BCUT2D eigenvalue weighted by atomic mass is 10.1. The molecule has 2 aromatic rings. The van der Waals surface area contributed by atoms with E-state index in [-0.39, 0.29) is 5.78 Å². The number of aromatic nitrogens is 1. The minimum absolute atomic E-state index is 0.141. The molecule has 0 amide bonds.